The molecule has 0 spiro atoms. The molecule has 1 aromatic carbocycles. The van der Waals surface area contributed by atoms with E-state index in [1.54, 1.807) is 0 Å². The molecule has 3 rings (SSSR count). The number of amides is 1. The summed E-state index contributed by atoms with van der Waals surface area (Å²) in [7, 11) is 0. The maximum Gasteiger partial charge on any atom is 0.416 e. The molecule has 0 fully saturated rings. The number of anilines is 1. The minimum absolute atomic E-state index is 0.0826. The summed E-state index contributed by atoms with van der Waals surface area (Å²) in [5.74, 6) is -0.825. The molecule has 3 aromatic rings. The van der Waals surface area contributed by atoms with Crippen molar-refractivity contribution in [2.45, 2.75) is 33.4 Å². The fourth-order valence-corrected chi connectivity index (χ4v) is 2.88. The second-order valence-electron chi connectivity index (χ2n) is 7.75. The highest BCUT2D eigenvalue weighted by Crippen LogP contribution is 2.35. The molecule has 0 atom stereocenters. The first-order valence-corrected chi connectivity index (χ1v) is 8.59. The lowest BCUT2D eigenvalue weighted by Crippen LogP contribution is -2.20. The molecular weight excluding hydrogens is 374 g/mol. The number of benzene rings is 1. The Balaban J connectivity index is 2.14. The molecule has 1 N–H and O–H groups in total. The van der Waals surface area contributed by atoms with E-state index >= 15 is 0 Å². The van der Waals surface area contributed by atoms with E-state index in [0.29, 0.717) is 5.65 Å². The first-order chi connectivity index (χ1) is 12.9. The maximum absolute atomic E-state index is 13.8. The zero-order valence-electron chi connectivity index (χ0n) is 15.6. The molecule has 0 bridgehead atoms. The molecule has 8 heteroatoms. The molecule has 2 heterocycles. The van der Waals surface area contributed by atoms with E-state index in [2.05, 4.69) is 10.3 Å². The highest BCUT2D eigenvalue weighted by molar-refractivity contribution is 5.94. The molecule has 0 radical (unpaired) electrons. The van der Waals surface area contributed by atoms with Crippen LogP contribution in [0.3, 0.4) is 0 Å². The van der Waals surface area contributed by atoms with Crippen LogP contribution in [0.15, 0.2) is 42.6 Å². The predicted molar refractivity (Wildman–Crippen MR) is 98.3 cm³/mol. The van der Waals surface area contributed by atoms with Gasteiger partial charge in [-0.2, -0.15) is 13.2 Å². The highest BCUT2D eigenvalue weighted by Gasteiger charge is 2.31. The number of nitrogens with zero attached hydrogens (tertiary/aromatic N) is 2. The number of imidazole rings is 1. The van der Waals surface area contributed by atoms with Gasteiger partial charge >= 0.3 is 6.18 Å². The standard InChI is InChI=1S/C20H19F4N3O/c1-19(2,3)10-16(28)26-18-17(27-11-14(21)7-8-15(27)25-18)12-5-4-6-13(9-12)20(22,23)24/h4-9,11H,10H2,1-3H3,(H,26,28). The molecule has 4 nitrogen and oxygen atoms in total. The van der Waals surface area contributed by atoms with Gasteiger partial charge in [0.25, 0.3) is 0 Å². The number of hydrogen-bond acceptors (Lipinski definition) is 2. The number of pyridine rings is 1. The van der Waals surface area contributed by atoms with E-state index in [0.717, 1.165) is 18.3 Å². The van der Waals surface area contributed by atoms with Gasteiger partial charge in [0.1, 0.15) is 11.5 Å². The second kappa shape index (κ2) is 6.92. The third-order valence-electron chi connectivity index (χ3n) is 3.99. The van der Waals surface area contributed by atoms with Crippen LogP contribution in [0.5, 0.6) is 0 Å². The number of hydrogen-bond donors (Lipinski definition) is 1. The number of rotatable bonds is 3. The fraction of sp³-hybridized carbons (Fsp3) is 0.300. The van der Waals surface area contributed by atoms with Gasteiger partial charge in [0.2, 0.25) is 5.91 Å². The number of alkyl halides is 3. The second-order valence-corrected chi connectivity index (χ2v) is 7.75. The Labute approximate surface area is 159 Å². The topological polar surface area (TPSA) is 46.4 Å². The molecule has 0 unspecified atom stereocenters. The normalized spacial score (nSPS) is 12.4. The van der Waals surface area contributed by atoms with Crippen molar-refractivity contribution in [3.05, 3.63) is 54.0 Å². The van der Waals surface area contributed by atoms with E-state index in [-0.39, 0.29) is 34.8 Å². The van der Waals surface area contributed by atoms with Crippen molar-refractivity contribution in [1.82, 2.24) is 9.38 Å². The molecule has 148 valence electrons. The number of halogens is 4. The van der Waals surface area contributed by atoms with E-state index in [1.807, 2.05) is 20.8 Å². The van der Waals surface area contributed by atoms with Crippen molar-refractivity contribution >= 4 is 17.4 Å². The van der Waals surface area contributed by atoms with E-state index < -0.39 is 17.6 Å². The molecule has 2 aromatic heterocycles. The van der Waals surface area contributed by atoms with Crippen LogP contribution in [0, 0.1) is 11.2 Å². The van der Waals surface area contributed by atoms with Crippen molar-refractivity contribution in [3.63, 3.8) is 0 Å². The number of nitrogens with one attached hydrogen (secondary N) is 1. The Hall–Kier alpha value is -2.90. The van der Waals surface area contributed by atoms with Crippen molar-refractivity contribution < 1.29 is 22.4 Å². The monoisotopic (exact) mass is 393 g/mol. The first-order valence-electron chi connectivity index (χ1n) is 8.59. The van der Waals surface area contributed by atoms with Gasteiger partial charge < -0.3 is 5.32 Å². The number of fused-ring (bicyclic) bond motifs is 1. The van der Waals surface area contributed by atoms with Gasteiger partial charge in [0.15, 0.2) is 5.82 Å². The smallest absolute Gasteiger partial charge is 0.309 e. The maximum atomic E-state index is 13.8. The van der Waals surface area contributed by atoms with E-state index in [1.165, 1.54) is 28.7 Å². The van der Waals surface area contributed by atoms with Gasteiger partial charge in [0.05, 0.1) is 11.3 Å². The van der Waals surface area contributed by atoms with Crippen LogP contribution in [-0.4, -0.2) is 15.3 Å². The quantitative estimate of drug-likeness (QED) is 0.595. The van der Waals surface area contributed by atoms with Gasteiger partial charge in [-0.05, 0) is 29.7 Å². The molecular formula is C20H19F4N3O. The van der Waals surface area contributed by atoms with Crippen molar-refractivity contribution in [3.8, 4) is 11.3 Å². The van der Waals surface area contributed by atoms with Gasteiger partial charge in [-0.3, -0.25) is 9.20 Å². The minimum Gasteiger partial charge on any atom is -0.309 e. The van der Waals surface area contributed by atoms with Crippen LogP contribution in [0.25, 0.3) is 16.9 Å². The Morgan fingerprint density at radius 2 is 1.86 bits per heavy atom. The van der Waals surface area contributed by atoms with Crippen LogP contribution < -0.4 is 5.32 Å². The molecule has 0 aliphatic rings. The number of carbonyl (C=O) groups excluding carboxylic acids is 1. The summed E-state index contributed by atoms with van der Waals surface area (Å²) in [4.78, 5) is 16.6. The average Bonchev–Trinajstić information content (AvgIpc) is 2.89. The summed E-state index contributed by atoms with van der Waals surface area (Å²) in [6, 6.07) is 7.21. The van der Waals surface area contributed by atoms with Crippen LogP contribution >= 0.6 is 0 Å². The Morgan fingerprint density at radius 1 is 1.14 bits per heavy atom. The number of carbonyl (C=O) groups is 1. The summed E-state index contributed by atoms with van der Waals surface area (Å²) >= 11 is 0. The highest BCUT2D eigenvalue weighted by atomic mass is 19.4. The zero-order chi connectivity index (χ0) is 20.7. The molecule has 0 saturated heterocycles. The van der Waals surface area contributed by atoms with E-state index in [4.69, 9.17) is 0 Å². The third kappa shape index (κ3) is 4.32. The van der Waals surface area contributed by atoms with Gasteiger partial charge in [0, 0.05) is 18.2 Å². The van der Waals surface area contributed by atoms with Crippen molar-refractivity contribution in [2.24, 2.45) is 5.41 Å². The number of aromatic nitrogens is 2. The summed E-state index contributed by atoms with van der Waals surface area (Å²) in [6.45, 7) is 5.66. The van der Waals surface area contributed by atoms with Gasteiger partial charge in [-0.1, -0.05) is 32.9 Å². The largest absolute Gasteiger partial charge is 0.416 e. The first kappa shape index (κ1) is 19.9. The van der Waals surface area contributed by atoms with Crippen LogP contribution in [0.1, 0.15) is 32.8 Å². The Kier molecular flexibility index (Phi) is 4.91. The molecule has 0 aliphatic carbocycles. The average molecular weight is 393 g/mol. The third-order valence-corrected chi connectivity index (χ3v) is 3.99. The van der Waals surface area contributed by atoms with Gasteiger partial charge in [-0.25, -0.2) is 9.37 Å². The van der Waals surface area contributed by atoms with Crippen molar-refractivity contribution in [2.75, 3.05) is 5.32 Å². The van der Waals surface area contributed by atoms with Crippen LogP contribution in [-0.2, 0) is 11.0 Å². The van der Waals surface area contributed by atoms with E-state index in [9.17, 15) is 22.4 Å². The SMILES string of the molecule is CC(C)(C)CC(=O)Nc1nc2ccc(F)cn2c1-c1cccc(C(F)(F)F)c1. The summed E-state index contributed by atoms with van der Waals surface area (Å²) in [5, 5.41) is 2.66. The summed E-state index contributed by atoms with van der Waals surface area (Å²) < 4.78 is 54.5. The minimum atomic E-state index is -4.53. The summed E-state index contributed by atoms with van der Waals surface area (Å²) in [5.41, 5.74) is -0.476. The molecule has 28 heavy (non-hydrogen) atoms. The Bertz CT molecular complexity index is 1030. The fourth-order valence-electron chi connectivity index (χ4n) is 2.88. The molecule has 0 saturated carbocycles. The Morgan fingerprint density at radius 3 is 2.50 bits per heavy atom. The van der Waals surface area contributed by atoms with Crippen molar-refractivity contribution in [1.29, 1.82) is 0 Å². The predicted octanol–water partition coefficient (Wildman–Crippen LogP) is 5.53. The van der Waals surface area contributed by atoms with Crippen LogP contribution in [0.4, 0.5) is 23.4 Å². The van der Waals surface area contributed by atoms with Gasteiger partial charge in [-0.15, -0.1) is 0 Å². The van der Waals surface area contributed by atoms with Crippen LogP contribution in [0.2, 0.25) is 0 Å². The lowest BCUT2D eigenvalue weighted by Gasteiger charge is -2.17. The lowest BCUT2D eigenvalue weighted by molar-refractivity contribution is -0.137. The zero-order valence-corrected chi connectivity index (χ0v) is 15.6. The summed E-state index contributed by atoms with van der Waals surface area (Å²) in [6.07, 6.45) is -3.22. The molecule has 1 amide bonds. The molecule has 0 aliphatic heterocycles. The lowest BCUT2D eigenvalue weighted by atomic mass is 9.92.